The van der Waals surface area contributed by atoms with Crippen LogP contribution >= 0.6 is 24.0 Å². The van der Waals surface area contributed by atoms with E-state index in [0.29, 0.717) is 22.2 Å². The predicted octanol–water partition coefficient (Wildman–Crippen LogP) is 3.14. The second-order valence-electron chi connectivity index (χ2n) is 6.24. The van der Waals surface area contributed by atoms with Gasteiger partial charge >= 0.3 is 5.97 Å². The van der Waals surface area contributed by atoms with Crippen molar-refractivity contribution in [3.63, 3.8) is 0 Å². The topological polar surface area (TPSA) is 60.9 Å². The maximum atomic E-state index is 12.5. The molecule has 7 heteroatoms. The molecule has 1 aromatic carbocycles. The van der Waals surface area contributed by atoms with Gasteiger partial charge in [0.25, 0.3) is 5.91 Å². The number of anilines is 1. The number of carbonyl (C=O) groups is 2. The summed E-state index contributed by atoms with van der Waals surface area (Å²) in [4.78, 5) is 27.5. The molecular formula is C18H20N2O3S2. The summed E-state index contributed by atoms with van der Waals surface area (Å²) in [5, 5.41) is 8.73. The lowest BCUT2D eigenvalue weighted by molar-refractivity contribution is -0.137. The van der Waals surface area contributed by atoms with Crippen molar-refractivity contribution in [1.29, 1.82) is 0 Å². The molecule has 1 saturated heterocycles. The van der Waals surface area contributed by atoms with Gasteiger partial charge in [0.05, 0.1) is 4.91 Å². The molecule has 0 spiro atoms. The Labute approximate surface area is 156 Å². The first-order valence-corrected chi connectivity index (χ1v) is 9.49. The van der Waals surface area contributed by atoms with Gasteiger partial charge in [0, 0.05) is 32.2 Å². The number of amides is 1. The number of nitrogens with zero attached hydrogens (tertiary/aromatic N) is 2. The molecule has 1 aromatic rings. The van der Waals surface area contributed by atoms with Gasteiger partial charge in [0.15, 0.2) is 0 Å². The third kappa shape index (κ3) is 4.04. The molecule has 1 amide bonds. The zero-order valence-electron chi connectivity index (χ0n) is 14.0. The SMILES string of the molecule is CN1CCCc2cc(/C=C3\SC(=S)N(CCCC(=O)O)C3=O)ccc21. The van der Waals surface area contributed by atoms with Crippen molar-refractivity contribution in [1.82, 2.24) is 4.90 Å². The van der Waals surface area contributed by atoms with E-state index in [1.165, 1.54) is 27.9 Å². The molecule has 0 bridgehead atoms. The number of hydrogen-bond donors (Lipinski definition) is 1. The maximum absolute atomic E-state index is 12.5. The van der Waals surface area contributed by atoms with Crippen LogP contribution in [0.5, 0.6) is 0 Å². The van der Waals surface area contributed by atoms with Gasteiger partial charge in [-0.2, -0.15) is 0 Å². The number of thioether (sulfide) groups is 1. The Morgan fingerprint density at radius 3 is 3.00 bits per heavy atom. The smallest absolute Gasteiger partial charge is 0.303 e. The van der Waals surface area contributed by atoms with E-state index in [9.17, 15) is 9.59 Å². The van der Waals surface area contributed by atoms with Crippen LogP contribution in [0.25, 0.3) is 6.08 Å². The molecule has 1 N–H and O–H groups in total. The number of fused-ring (bicyclic) bond motifs is 1. The van der Waals surface area contributed by atoms with Crippen LogP contribution in [0.3, 0.4) is 0 Å². The molecule has 1 fully saturated rings. The summed E-state index contributed by atoms with van der Waals surface area (Å²) in [5.41, 5.74) is 3.56. The molecule has 0 unspecified atom stereocenters. The van der Waals surface area contributed by atoms with E-state index >= 15 is 0 Å². The van der Waals surface area contributed by atoms with E-state index in [4.69, 9.17) is 17.3 Å². The quantitative estimate of drug-likeness (QED) is 0.629. The molecule has 2 heterocycles. The molecule has 3 rings (SSSR count). The summed E-state index contributed by atoms with van der Waals surface area (Å²) in [6, 6.07) is 6.27. The highest BCUT2D eigenvalue weighted by Gasteiger charge is 2.31. The Balaban J connectivity index is 1.74. The first-order valence-electron chi connectivity index (χ1n) is 8.27. The highest BCUT2D eigenvalue weighted by atomic mass is 32.2. The summed E-state index contributed by atoms with van der Waals surface area (Å²) < 4.78 is 0.499. The zero-order valence-corrected chi connectivity index (χ0v) is 15.7. The lowest BCUT2D eigenvalue weighted by atomic mass is 9.99. The summed E-state index contributed by atoms with van der Waals surface area (Å²) >= 11 is 6.56. The summed E-state index contributed by atoms with van der Waals surface area (Å²) in [6.07, 6.45) is 4.51. The number of rotatable bonds is 5. The van der Waals surface area contributed by atoms with Crippen molar-refractivity contribution in [2.75, 3.05) is 25.0 Å². The minimum atomic E-state index is -0.861. The number of aryl methyl sites for hydroxylation is 1. The van der Waals surface area contributed by atoms with Crippen LogP contribution in [0, 0.1) is 0 Å². The number of benzene rings is 1. The third-order valence-corrected chi connectivity index (χ3v) is 5.78. The molecule has 0 aliphatic carbocycles. The van der Waals surface area contributed by atoms with E-state index in [0.717, 1.165) is 24.9 Å². The van der Waals surface area contributed by atoms with Crippen LogP contribution < -0.4 is 4.90 Å². The molecule has 0 aromatic heterocycles. The van der Waals surface area contributed by atoms with Crippen LogP contribution in [-0.2, 0) is 16.0 Å². The van der Waals surface area contributed by atoms with Crippen LogP contribution in [0.1, 0.15) is 30.4 Å². The van der Waals surface area contributed by atoms with Gasteiger partial charge < -0.3 is 10.0 Å². The number of aliphatic carboxylic acids is 1. The number of carboxylic acids is 1. The van der Waals surface area contributed by atoms with Gasteiger partial charge in [0.1, 0.15) is 4.32 Å². The van der Waals surface area contributed by atoms with Crippen molar-refractivity contribution in [2.45, 2.75) is 25.7 Å². The summed E-state index contributed by atoms with van der Waals surface area (Å²) in [5.74, 6) is -0.991. The van der Waals surface area contributed by atoms with Gasteiger partial charge in [-0.15, -0.1) is 0 Å². The van der Waals surface area contributed by atoms with Gasteiger partial charge in [-0.3, -0.25) is 14.5 Å². The van der Waals surface area contributed by atoms with E-state index in [-0.39, 0.29) is 12.3 Å². The molecule has 2 aliphatic rings. The van der Waals surface area contributed by atoms with Crippen LogP contribution in [0.4, 0.5) is 5.69 Å². The number of thiocarbonyl (C=S) groups is 1. The molecular weight excluding hydrogens is 356 g/mol. The average Bonchev–Trinajstić information content (AvgIpc) is 2.82. The van der Waals surface area contributed by atoms with Gasteiger partial charge in [-0.05, 0) is 48.6 Å². The Bertz CT molecular complexity index is 761. The minimum Gasteiger partial charge on any atom is -0.481 e. The van der Waals surface area contributed by atoms with E-state index in [1.807, 2.05) is 12.1 Å². The predicted molar refractivity (Wildman–Crippen MR) is 105 cm³/mol. The highest BCUT2D eigenvalue weighted by molar-refractivity contribution is 8.26. The average molecular weight is 377 g/mol. The highest BCUT2D eigenvalue weighted by Crippen LogP contribution is 2.34. The van der Waals surface area contributed by atoms with Crippen molar-refractivity contribution >= 4 is 51.9 Å². The Hall–Kier alpha value is -1.86. The van der Waals surface area contributed by atoms with Crippen molar-refractivity contribution in [3.8, 4) is 0 Å². The Morgan fingerprint density at radius 1 is 1.44 bits per heavy atom. The summed E-state index contributed by atoms with van der Waals surface area (Å²) in [6.45, 7) is 1.42. The first-order chi connectivity index (χ1) is 12.0. The minimum absolute atomic E-state index is 0.0362. The first kappa shape index (κ1) is 17.9. The Kier molecular flexibility index (Phi) is 5.44. The molecule has 0 atom stereocenters. The number of carboxylic acid groups (broad SMARTS) is 1. The zero-order chi connectivity index (χ0) is 18.0. The molecule has 2 aliphatic heterocycles. The van der Waals surface area contributed by atoms with Crippen LogP contribution in [-0.4, -0.2) is 46.3 Å². The monoisotopic (exact) mass is 376 g/mol. The van der Waals surface area contributed by atoms with E-state index < -0.39 is 5.97 Å². The largest absolute Gasteiger partial charge is 0.481 e. The lowest BCUT2D eigenvalue weighted by Gasteiger charge is -2.27. The van der Waals surface area contributed by atoms with Gasteiger partial charge in [0.2, 0.25) is 0 Å². The van der Waals surface area contributed by atoms with Gasteiger partial charge in [-0.25, -0.2) is 0 Å². The maximum Gasteiger partial charge on any atom is 0.303 e. The normalized spacial score (nSPS) is 18.8. The van der Waals surface area contributed by atoms with Crippen LogP contribution in [0.15, 0.2) is 23.1 Å². The van der Waals surface area contributed by atoms with Crippen molar-refractivity contribution in [2.24, 2.45) is 0 Å². The van der Waals surface area contributed by atoms with E-state index in [1.54, 1.807) is 0 Å². The van der Waals surface area contributed by atoms with E-state index in [2.05, 4.69) is 24.1 Å². The van der Waals surface area contributed by atoms with Crippen molar-refractivity contribution < 1.29 is 14.7 Å². The fourth-order valence-corrected chi connectivity index (χ4v) is 4.44. The fraction of sp³-hybridized carbons (Fsp3) is 0.389. The molecule has 5 nitrogen and oxygen atoms in total. The lowest BCUT2D eigenvalue weighted by Crippen LogP contribution is -2.29. The molecule has 0 radical (unpaired) electrons. The number of hydrogen-bond acceptors (Lipinski definition) is 5. The number of carbonyl (C=O) groups excluding carboxylic acids is 1. The molecule has 25 heavy (non-hydrogen) atoms. The Morgan fingerprint density at radius 2 is 2.24 bits per heavy atom. The molecule has 132 valence electrons. The second kappa shape index (κ2) is 7.58. The van der Waals surface area contributed by atoms with Gasteiger partial charge in [-0.1, -0.05) is 30.0 Å². The molecule has 0 saturated carbocycles. The fourth-order valence-electron chi connectivity index (χ4n) is 3.13. The second-order valence-corrected chi connectivity index (χ2v) is 7.92. The van der Waals surface area contributed by atoms with Crippen LogP contribution in [0.2, 0.25) is 0 Å². The van der Waals surface area contributed by atoms with Crippen molar-refractivity contribution in [3.05, 3.63) is 34.2 Å². The third-order valence-electron chi connectivity index (χ3n) is 4.40. The standard InChI is InChI=1S/C18H20N2O3S2/c1-19-8-2-4-13-10-12(6-7-14(13)19)11-15-17(23)20(18(24)25-15)9-3-5-16(21)22/h6-7,10-11H,2-5,8-9H2,1H3,(H,21,22)/b15-11-. The summed E-state index contributed by atoms with van der Waals surface area (Å²) in [7, 11) is 2.10.